The topological polar surface area (TPSA) is 125 Å². The van der Waals surface area contributed by atoms with Gasteiger partial charge in [0.05, 0.1) is 18.2 Å². The van der Waals surface area contributed by atoms with E-state index in [0.29, 0.717) is 12.2 Å². The summed E-state index contributed by atoms with van der Waals surface area (Å²) in [7, 11) is 0. The third-order valence-corrected chi connectivity index (χ3v) is 6.48. The van der Waals surface area contributed by atoms with E-state index < -0.39 is 11.9 Å². The van der Waals surface area contributed by atoms with Gasteiger partial charge in [-0.25, -0.2) is 9.37 Å². The van der Waals surface area contributed by atoms with Crippen LogP contribution in [-0.2, 0) is 4.79 Å². The molecule has 1 aliphatic heterocycles. The number of halogens is 1. The van der Waals surface area contributed by atoms with Crippen molar-refractivity contribution in [3.8, 4) is 0 Å². The maximum atomic E-state index is 14.5. The predicted molar refractivity (Wildman–Crippen MR) is 105 cm³/mol. The Morgan fingerprint density at radius 1 is 1.31 bits per heavy atom. The SMILES string of the molecule is NC(=O)C1C2CC3NCC(O)c4cccc(c4)Nc4ncc(F)c(n4)NC1C3C2. The second kappa shape index (κ2) is 6.93. The van der Waals surface area contributed by atoms with Crippen LogP contribution >= 0.6 is 0 Å². The van der Waals surface area contributed by atoms with Gasteiger partial charge in [0.25, 0.3) is 0 Å². The van der Waals surface area contributed by atoms with Crippen molar-refractivity contribution in [3.05, 3.63) is 41.8 Å². The lowest BCUT2D eigenvalue weighted by Gasteiger charge is -2.36. The normalized spacial score (nSPS) is 32.8. The number of hydrogen-bond acceptors (Lipinski definition) is 7. The molecule has 6 atom stereocenters. The van der Waals surface area contributed by atoms with E-state index in [0.717, 1.165) is 24.6 Å². The van der Waals surface area contributed by atoms with Crippen LogP contribution in [0.3, 0.4) is 0 Å². The van der Waals surface area contributed by atoms with Crippen molar-refractivity contribution in [2.24, 2.45) is 23.5 Å². The highest BCUT2D eigenvalue weighted by Gasteiger charge is 2.55. The molecule has 5 rings (SSSR count). The molecule has 0 radical (unpaired) electrons. The average molecular weight is 398 g/mol. The number of carbonyl (C=O) groups is 1. The highest BCUT2D eigenvalue weighted by Crippen LogP contribution is 2.49. The Hall–Kier alpha value is -2.78. The van der Waals surface area contributed by atoms with Gasteiger partial charge in [-0.15, -0.1) is 0 Å². The molecule has 0 spiro atoms. The van der Waals surface area contributed by atoms with Crippen LogP contribution in [0.25, 0.3) is 0 Å². The zero-order valence-corrected chi connectivity index (χ0v) is 15.7. The van der Waals surface area contributed by atoms with Crippen LogP contribution < -0.4 is 21.7 Å². The van der Waals surface area contributed by atoms with Gasteiger partial charge < -0.3 is 26.8 Å². The van der Waals surface area contributed by atoms with Crippen LogP contribution in [0, 0.1) is 23.6 Å². The first-order valence-electron chi connectivity index (χ1n) is 9.86. The Balaban J connectivity index is 1.56. The van der Waals surface area contributed by atoms with E-state index in [9.17, 15) is 14.3 Å². The summed E-state index contributed by atoms with van der Waals surface area (Å²) in [6.07, 6.45) is 2.06. The van der Waals surface area contributed by atoms with Crippen molar-refractivity contribution in [1.29, 1.82) is 0 Å². The van der Waals surface area contributed by atoms with Gasteiger partial charge in [0, 0.05) is 24.3 Å². The Kier molecular flexibility index (Phi) is 4.36. The molecule has 6 unspecified atom stereocenters. The maximum Gasteiger partial charge on any atom is 0.229 e. The molecule has 0 saturated heterocycles. The van der Waals surface area contributed by atoms with Crippen molar-refractivity contribution in [1.82, 2.24) is 15.3 Å². The number of nitrogens with two attached hydrogens (primary N) is 1. The quantitative estimate of drug-likeness (QED) is 0.490. The van der Waals surface area contributed by atoms with Crippen molar-refractivity contribution < 1.29 is 14.3 Å². The van der Waals surface area contributed by atoms with E-state index in [2.05, 4.69) is 25.9 Å². The summed E-state index contributed by atoms with van der Waals surface area (Å²) in [4.78, 5) is 20.4. The molecule has 152 valence electrons. The summed E-state index contributed by atoms with van der Waals surface area (Å²) in [5, 5.41) is 20.3. The van der Waals surface area contributed by atoms with E-state index in [1.54, 1.807) is 0 Å². The highest BCUT2D eigenvalue weighted by molar-refractivity contribution is 5.79. The smallest absolute Gasteiger partial charge is 0.229 e. The van der Waals surface area contributed by atoms with Crippen LogP contribution in [0.1, 0.15) is 24.5 Å². The number of aliphatic hydroxyl groups excluding tert-OH is 1. The molecule has 2 aromatic rings. The standard InChI is InChI=1S/C20H23FN6O2/c21-13-7-24-20-25-11-3-1-2-9(4-11)15(28)8-23-14-6-10-5-12(14)17(16(10)18(22)29)26-19(13)27-20/h1-4,7,10,12,14-17,23,28H,5-6,8H2,(H2,22,29)(H2,24,25,26,27). The molecule has 2 saturated carbocycles. The molecule has 1 aromatic heterocycles. The predicted octanol–water partition coefficient (Wildman–Crippen LogP) is 1.29. The third kappa shape index (κ3) is 3.20. The number of β-amino-alcohol motifs (C(OH)–C–C–N with tert-alkyl or cyclic N) is 1. The van der Waals surface area contributed by atoms with E-state index in [1.807, 2.05) is 24.3 Å². The average Bonchev–Trinajstić information content (AvgIpc) is 3.26. The number of nitrogens with zero attached hydrogens (tertiary/aromatic N) is 2. The van der Waals surface area contributed by atoms with E-state index in [4.69, 9.17) is 5.73 Å². The zero-order chi connectivity index (χ0) is 20.1. The Morgan fingerprint density at radius 2 is 2.17 bits per heavy atom. The molecular formula is C20H23FN6O2. The van der Waals surface area contributed by atoms with Gasteiger partial charge in [0.15, 0.2) is 11.6 Å². The van der Waals surface area contributed by atoms with Gasteiger partial charge in [0.1, 0.15) is 0 Å². The molecule has 2 heterocycles. The van der Waals surface area contributed by atoms with Gasteiger partial charge in [-0.1, -0.05) is 12.1 Å². The first kappa shape index (κ1) is 18.3. The van der Waals surface area contributed by atoms with E-state index in [-0.39, 0.29) is 47.5 Å². The summed E-state index contributed by atoms with van der Waals surface area (Å²) in [5.74, 6) is -0.841. The largest absolute Gasteiger partial charge is 0.387 e. The molecule has 29 heavy (non-hydrogen) atoms. The number of nitrogens with one attached hydrogen (secondary N) is 3. The maximum absolute atomic E-state index is 14.5. The van der Waals surface area contributed by atoms with Gasteiger partial charge in [-0.2, -0.15) is 4.98 Å². The number of aliphatic hydroxyl groups is 1. The first-order chi connectivity index (χ1) is 14.0. The molecule has 8 nitrogen and oxygen atoms in total. The number of primary amides is 1. The van der Waals surface area contributed by atoms with E-state index >= 15 is 0 Å². The lowest BCUT2D eigenvalue weighted by molar-refractivity contribution is -0.123. The minimum atomic E-state index is -0.679. The summed E-state index contributed by atoms with van der Waals surface area (Å²) in [6.45, 7) is 0.390. The van der Waals surface area contributed by atoms with Gasteiger partial charge >= 0.3 is 0 Å². The minimum Gasteiger partial charge on any atom is -0.387 e. The number of benzene rings is 1. The zero-order valence-electron chi connectivity index (χ0n) is 15.7. The number of amides is 1. The summed E-state index contributed by atoms with van der Waals surface area (Å²) < 4.78 is 14.5. The number of anilines is 3. The minimum absolute atomic E-state index is 0.0540. The Labute approximate surface area is 167 Å². The van der Waals surface area contributed by atoms with Crippen LogP contribution in [0.5, 0.6) is 0 Å². The number of rotatable bonds is 1. The molecule has 6 bridgehead atoms. The number of fused-ring (bicyclic) bond motifs is 5. The number of aromatic nitrogens is 2. The van der Waals surface area contributed by atoms with Gasteiger partial charge in [-0.3, -0.25) is 4.79 Å². The first-order valence-corrected chi connectivity index (χ1v) is 9.86. The summed E-state index contributed by atoms with van der Waals surface area (Å²) in [5.41, 5.74) is 7.13. The highest BCUT2D eigenvalue weighted by atomic mass is 19.1. The van der Waals surface area contributed by atoms with E-state index in [1.165, 1.54) is 0 Å². The van der Waals surface area contributed by atoms with Crippen LogP contribution in [0.4, 0.5) is 21.8 Å². The van der Waals surface area contributed by atoms with Crippen LogP contribution in [0.15, 0.2) is 30.5 Å². The molecular weight excluding hydrogens is 375 g/mol. The second-order valence-electron chi connectivity index (χ2n) is 8.16. The lowest BCUT2D eigenvalue weighted by Crippen LogP contribution is -2.51. The second-order valence-corrected chi connectivity index (χ2v) is 8.16. The van der Waals surface area contributed by atoms with Gasteiger partial charge in [0.2, 0.25) is 11.9 Å². The summed E-state index contributed by atoms with van der Waals surface area (Å²) in [6, 6.07) is 7.12. The molecule has 1 aromatic carbocycles. The van der Waals surface area contributed by atoms with Crippen molar-refractivity contribution in [2.75, 3.05) is 17.2 Å². The molecule has 2 aliphatic carbocycles. The molecule has 6 N–H and O–H groups in total. The summed E-state index contributed by atoms with van der Waals surface area (Å²) >= 11 is 0. The third-order valence-electron chi connectivity index (χ3n) is 6.48. The van der Waals surface area contributed by atoms with Gasteiger partial charge in [-0.05, 0) is 42.4 Å². The fraction of sp³-hybridized carbons (Fsp3) is 0.450. The fourth-order valence-electron chi connectivity index (χ4n) is 5.22. The number of hydrogen-bond donors (Lipinski definition) is 5. The van der Waals surface area contributed by atoms with Crippen molar-refractivity contribution in [3.63, 3.8) is 0 Å². The lowest BCUT2D eigenvalue weighted by atomic mass is 9.81. The monoisotopic (exact) mass is 398 g/mol. The molecule has 1 amide bonds. The molecule has 2 fully saturated rings. The van der Waals surface area contributed by atoms with Crippen molar-refractivity contribution in [2.45, 2.75) is 31.0 Å². The van der Waals surface area contributed by atoms with Crippen LogP contribution in [-0.4, -0.2) is 39.6 Å². The molecule has 3 aliphatic rings. The Morgan fingerprint density at radius 3 is 3.00 bits per heavy atom. The number of carbonyl (C=O) groups excluding carboxylic acids is 1. The van der Waals surface area contributed by atoms with Crippen LogP contribution in [0.2, 0.25) is 0 Å². The molecule has 9 heteroatoms. The fourth-order valence-corrected chi connectivity index (χ4v) is 5.22. The van der Waals surface area contributed by atoms with Crippen molar-refractivity contribution >= 4 is 23.4 Å². The Bertz CT molecular complexity index is 956.